The molecular weight excluding hydrogens is 385 g/mol. The molecule has 0 saturated heterocycles. The van der Waals surface area contributed by atoms with Gasteiger partial charge in [-0.15, -0.1) is 0 Å². The Morgan fingerprint density at radius 2 is 1.89 bits per heavy atom. The van der Waals surface area contributed by atoms with Crippen molar-refractivity contribution >= 4 is 28.7 Å². The smallest absolute Gasteiger partial charge is 0.417 e. The van der Waals surface area contributed by atoms with Crippen LogP contribution in [0.25, 0.3) is 0 Å². The number of ether oxygens (including phenoxy) is 1. The summed E-state index contributed by atoms with van der Waals surface area (Å²) in [5.74, 6) is -1.24. The first-order valence-corrected chi connectivity index (χ1v) is 8.43. The van der Waals surface area contributed by atoms with Crippen molar-refractivity contribution in [3.63, 3.8) is 0 Å². The van der Waals surface area contributed by atoms with Crippen molar-refractivity contribution in [2.75, 3.05) is 0 Å². The molecule has 140 valence electrons. The largest absolute Gasteiger partial charge is 0.481 e. The van der Waals surface area contributed by atoms with Crippen LogP contribution >= 0.6 is 11.8 Å². The first-order valence-electron chi connectivity index (χ1n) is 7.55. The van der Waals surface area contributed by atoms with Gasteiger partial charge in [0.2, 0.25) is 5.88 Å². The van der Waals surface area contributed by atoms with Crippen LogP contribution in [0.5, 0.6) is 11.6 Å². The van der Waals surface area contributed by atoms with Crippen LogP contribution in [0.4, 0.5) is 13.2 Å². The fraction of sp³-hybridized carbons (Fsp3) is 0.176. The van der Waals surface area contributed by atoms with Crippen LogP contribution in [-0.4, -0.2) is 32.3 Å². The van der Waals surface area contributed by atoms with Gasteiger partial charge in [0.25, 0.3) is 5.91 Å². The number of halogens is 3. The maximum absolute atomic E-state index is 12.5. The zero-order chi connectivity index (χ0) is 19.6. The van der Waals surface area contributed by atoms with Crippen molar-refractivity contribution in [1.82, 2.24) is 4.98 Å². The summed E-state index contributed by atoms with van der Waals surface area (Å²) in [5, 5.41) is 8.45. The number of carbonyl (C=O) groups excluding carboxylic acids is 1. The van der Waals surface area contributed by atoms with E-state index in [0.29, 0.717) is 22.6 Å². The number of benzene rings is 1. The van der Waals surface area contributed by atoms with Gasteiger partial charge in [-0.2, -0.15) is 13.2 Å². The Bertz CT molecular complexity index is 896. The quantitative estimate of drug-likeness (QED) is 0.828. The molecule has 1 aromatic carbocycles. The number of nitrogens with zero attached hydrogens (tertiary/aromatic N) is 2. The number of aliphatic carboxylic acids is 1. The molecule has 1 atom stereocenters. The molecule has 0 spiro atoms. The second-order valence-electron chi connectivity index (χ2n) is 5.47. The van der Waals surface area contributed by atoms with Crippen molar-refractivity contribution in [2.45, 2.75) is 17.8 Å². The van der Waals surface area contributed by atoms with Gasteiger partial charge in [-0.1, -0.05) is 11.8 Å². The second kappa shape index (κ2) is 7.39. The number of alkyl halides is 3. The van der Waals surface area contributed by atoms with Crippen LogP contribution in [0.2, 0.25) is 0 Å². The first-order chi connectivity index (χ1) is 12.7. The van der Waals surface area contributed by atoms with E-state index in [0.717, 1.165) is 23.9 Å². The lowest BCUT2D eigenvalue weighted by Crippen LogP contribution is -2.15. The third kappa shape index (κ3) is 4.64. The van der Waals surface area contributed by atoms with Gasteiger partial charge in [-0.25, -0.2) is 9.98 Å². The highest BCUT2D eigenvalue weighted by Crippen LogP contribution is 2.31. The highest BCUT2D eigenvalue weighted by atomic mass is 32.2. The van der Waals surface area contributed by atoms with Crippen LogP contribution in [0.3, 0.4) is 0 Å². The third-order valence-corrected chi connectivity index (χ3v) is 4.69. The van der Waals surface area contributed by atoms with E-state index in [9.17, 15) is 22.8 Å². The topological polar surface area (TPSA) is 88.8 Å². The molecule has 1 N–H and O–H groups in total. The Morgan fingerprint density at radius 3 is 2.44 bits per heavy atom. The molecule has 1 aromatic heterocycles. The first kappa shape index (κ1) is 18.9. The number of hydrogen-bond donors (Lipinski definition) is 1. The Morgan fingerprint density at radius 1 is 1.19 bits per heavy atom. The molecule has 0 aliphatic carbocycles. The van der Waals surface area contributed by atoms with Crippen molar-refractivity contribution in [3.05, 3.63) is 53.7 Å². The molecule has 0 fully saturated rings. The Kier molecular flexibility index (Phi) is 5.17. The van der Waals surface area contributed by atoms with E-state index in [1.54, 1.807) is 24.3 Å². The zero-order valence-electron chi connectivity index (χ0n) is 13.4. The van der Waals surface area contributed by atoms with E-state index < -0.39 is 28.9 Å². The molecule has 1 aliphatic rings. The number of aromatic nitrogens is 1. The normalized spacial score (nSPS) is 16.9. The number of rotatable bonds is 5. The second-order valence-corrected chi connectivity index (χ2v) is 6.66. The summed E-state index contributed by atoms with van der Waals surface area (Å²) in [6.07, 6.45) is -4.10. The summed E-state index contributed by atoms with van der Waals surface area (Å²) in [5.41, 5.74) is -0.268. The summed E-state index contributed by atoms with van der Waals surface area (Å²) in [6.45, 7) is 0. The number of carboxylic acid groups (broad SMARTS) is 1. The number of hydrogen-bond acceptors (Lipinski definition) is 5. The number of pyridine rings is 1. The molecule has 2 heterocycles. The van der Waals surface area contributed by atoms with Gasteiger partial charge in [0.05, 0.1) is 12.0 Å². The molecule has 1 amide bonds. The van der Waals surface area contributed by atoms with Gasteiger partial charge in [0.15, 0.2) is 0 Å². The zero-order valence-corrected chi connectivity index (χ0v) is 14.3. The van der Waals surface area contributed by atoms with E-state index in [1.807, 2.05) is 0 Å². The predicted octanol–water partition coefficient (Wildman–Crippen LogP) is 3.76. The average Bonchev–Trinajstić information content (AvgIpc) is 2.95. The number of carbonyl (C=O) groups is 2. The van der Waals surface area contributed by atoms with E-state index in [-0.39, 0.29) is 12.3 Å². The fourth-order valence-electron chi connectivity index (χ4n) is 2.20. The summed E-state index contributed by atoms with van der Waals surface area (Å²) >= 11 is 1.07. The maximum Gasteiger partial charge on any atom is 0.417 e. The number of thioether (sulfide) groups is 1. The minimum Gasteiger partial charge on any atom is -0.481 e. The number of amides is 1. The van der Waals surface area contributed by atoms with Gasteiger partial charge >= 0.3 is 12.1 Å². The maximum atomic E-state index is 12.5. The molecule has 6 nitrogen and oxygen atoms in total. The minimum atomic E-state index is -4.47. The van der Waals surface area contributed by atoms with Gasteiger partial charge in [0.1, 0.15) is 16.0 Å². The van der Waals surface area contributed by atoms with Crippen molar-refractivity contribution in [2.24, 2.45) is 4.99 Å². The Balaban J connectivity index is 1.67. The monoisotopic (exact) mass is 396 g/mol. The van der Waals surface area contributed by atoms with Gasteiger partial charge in [-0.05, 0) is 30.3 Å². The van der Waals surface area contributed by atoms with Crippen LogP contribution in [0.1, 0.15) is 17.5 Å². The molecule has 1 unspecified atom stereocenters. The van der Waals surface area contributed by atoms with Crippen molar-refractivity contribution < 1.29 is 32.6 Å². The summed E-state index contributed by atoms with van der Waals surface area (Å²) < 4.78 is 42.9. The molecule has 0 bridgehead atoms. The van der Waals surface area contributed by atoms with Gasteiger partial charge in [0, 0.05) is 17.8 Å². The number of aliphatic imine (C=N–C) groups is 1. The SMILES string of the molecule is O=C(O)CC1SC(c2ccc(Oc3ccc(C(F)(F)F)cn3)cc2)=NC1=O. The summed E-state index contributed by atoms with van der Waals surface area (Å²) in [4.78, 5) is 29.9. The lowest BCUT2D eigenvalue weighted by Gasteiger charge is -2.08. The van der Waals surface area contributed by atoms with Crippen LogP contribution in [0.15, 0.2) is 47.6 Å². The third-order valence-electron chi connectivity index (χ3n) is 3.49. The standard InChI is InChI=1S/C17H11F3N2O4S/c18-17(19,20)10-3-6-13(21-8-10)26-11-4-1-9(2-5-11)16-22-15(25)12(27-16)7-14(23)24/h1-6,8,12H,7H2,(H,23,24). The molecule has 1 aliphatic heterocycles. The lowest BCUT2D eigenvalue weighted by atomic mass is 10.2. The van der Waals surface area contributed by atoms with Gasteiger partial charge in [-0.3, -0.25) is 9.59 Å². The molecule has 0 radical (unpaired) electrons. The Hall–Kier alpha value is -2.88. The molecule has 3 rings (SSSR count). The predicted molar refractivity (Wildman–Crippen MR) is 90.9 cm³/mol. The Labute approximate surface area is 155 Å². The lowest BCUT2D eigenvalue weighted by molar-refractivity contribution is -0.138. The summed E-state index contributed by atoms with van der Waals surface area (Å²) in [7, 11) is 0. The molecule has 27 heavy (non-hydrogen) atoms. The van der Waals surface area contributed by atoms with Crippen LogP contribution in [-0.2, 0) is 15.8 Å². The highest BCUT2D eigenvalue weighted by molar-refractivity contribution is 8.16. The molecule has 10 heteroatoms. The summed E-state index contributed by atoms with van der Waals surface area (Å²) in [6, 6.07) is 8.31. The van der Waals surface area contributed by atoms with Crippen molar-refractivity contribution in [1.29, 1.82) is 0 Å². The van der Waals surface area contributed by atoms with Crippen LogP contribution < -0.4 is 4.74 Å². The van der Waals surface area contributed by atoms with E-state index >= 15 is 0 Å². The van der Waals surface area contributed by atoms with Gasteiger partial charge < -0.3 is 9.84 Å². The molecule has 2 aromatic rings. The fourth-order valence-corrected chi connectivity index (χ4v) is 3.26. The van der Waals surface area contributed by atoms with E-state index in [2.05, 4.69) is 9.98 Å². The number of carboxylic acids is 1. The van der Waals surface area contributed by atoms with E-state index in [1.165, 1.54) is 0 Å². The van der Waals surface area contributed by atoms with Crippen molar-refractivity contribution in [3.8, 4) is 11.6 Å². The minimum absolute atomic E-state index is 0.0000296. The average molecular weight is 396 g/mol. The molecular formula is C17H11F3N2O4S. The van der Waals surface area contributed by atoms with E-state index in [4.69, 9.17) is 9.84 Å². The highest BCUT2D eigenvalue weighted by Gasteiger charge is 2.31. The molecule has 0 saturated carbocycles. The van der Waals surface area contributed by atoms with Crippen LogP contribution in [0, 0.1) is 0 Å².